The summed E-state index contributed by atoms with van der Waals surface area (Å²) in [6.07, 6.45) is 20.5. The van der Waals surface area contributed by atoms with Crippen LogP contribution >= 0.6 is 0 Å². The smallest absolute Gasteiger partial charge is 0.330 e. The molecule has 3 aliphatic heterocycles. The Morgan fingerprint density at radius 3 is 2.79 bits per heavy atom. The Bertz CT molecular complexity index is 972. The minimum Gasteiger partial charge on any atom is -0.456 e. The summed E-state index contributed by atoms with van der Waals surface area (Å²) in [5.41, 5.74) is 3.35. The van der Waals surface area contributed by atoms with Gasteiger partial charge in [0.1, 0.15) is 12.2 Å². The third-order valence-corrected chi connectivity index (χ3v) is 6.95. The molecule has 208 valence electrons. The molecule has 6 atom stereocenters. The molecule has 1 N–H and O–H groups in total. The van der Waals surface area contributed by atoms with Crippen LogP contribution in [0.3, 0.4) is 0 Å². The fraction of sp³-hybridized carbons (Fsp3) is 0.562. The molecule has 3 rings (SSSR count). The number of ether oxygens (including phenoxy) is 3. The summed E-state index contributed by atoms with van der Waals surface area (Å²) >= 11 is 0. The SMILES string of the molecule is C=C1CC(=N/CC)/C=C/C[C@@H]([C@@H](O)/C=C/[C@@H]2CC(C)=CCO2)OC(=O)/C=C\C[C@@H]2C=CC[C@@H](C[C@@H](C)C1)O2. The van der Waals surface area contributed by atoms with Crippen molar-refractivity contribution in [2.75, 3.05) is 13.2 Å². The number of hydrogen-bond donors (Lipinski definition) is 1. The highest BCUT2D eigenvalue weighted by atomic mass is 16.6. The zero-order valence-electron chi connectivity index (χ0n) is 23.3. The number of fused-ring (bicyclic) bond motifs is 2. The monoisotopic (exact) mass is 523 g/mol. The van der Waals surface area contributed by atoms with Gasteiger partial charge in [0.05, 0.1) is 24.9 Å². The molecular weight excluding hydrogens is 478 g/mol. The number of aliphatic hydroxyl groups excluding tert-OH is 1. The van der Waals surface area contributed by atoms with Crippen molar-refractivity contribution in [3.05, 3.63) is 72.4 Å². The van der Waals surface area contributed by atoms with E-state index in [0.29, 0.717) is 38.3 Å². The predicted octanol–water partition coefficient (Wildman–Crippen LogP) is 5.99. The van der Waals surface area contributed by atoms with Gasteiger partial charge >= 0.3 is 5.97 Å². The Kier molecular flexibility index (Phi) is 12.5. The van der Waals surface area contributed by atoms with Crippen molar-refractivity contribution in [2.45, 2.75) is 96.2 Å². The average Bonchev–Trinajstić information content (AvgIpc) is 2.86. The maximum atomic E-state index is 12.7. The van der Waals surface area contributed by atoms with Crippen molar-refractivity contribution < 1.29 is 24.1 Å². The summed E-state index contributed by atoms with van der Waals surface area (Å²) in [6.45, 7) is 11.9. The van der Waals surface area contributed by atoms with Crippen LogP contribution in [0.4, 0.5) is 0 Å². The molecule has 0 unspecified atom stereocenters. The van der Waals surface area contributed by atoms with E-state index in [4.69, 9.17) is 14.2 Å². The molecule has 0 saturated carbocycles. The zero-order chi connectivity index (χ0) is 27.3. The Labute approximate surface area is 228 Å². The van der Waals surface area contributed by atoms with Gasteiger partial charge in [0.2, 0.25) is 0 Å². The minimum absolute atomic E-state index is 0.0596. The van der Waals surface area contributed by atoms with Crippen LogP contribution in [-0.4, -0.2) is 60.5 Å². The summed E-state index contributed by atoms with van der Waals surface area (Å²) in [5, 5.41) is 10.9. The van der Waals surface area contributed by atoms with Gasteiger partial charge in [0.15, 0.2) is 0 Å². The molecule has 0 aromatic carbocycles. The van der Waals surface area contributed by atoms with Gasteiger partial charge in [-0.1, -0.05) is 67.2 Å². The number of cyclic esters (lactones) is 1. The van der Waals surface area contributed by atoms with Crippen molar-refractivity contribution in [2.24, 2.45) is 10.9 Å². The van der Waals surface area contributed by atoms with E-state index in [1.54, 1.807) is 12.2 Å². The van der Waals surface area contributed by atoms with Gasteiger partial charge in [0, 0.05) is 31.2 Å². The Morgan fingerprint density at radius 1 is 1.18 bits per heavy atom. The Hall–Kier alpha value is -2.54. The van der Waals surface area contributed by atoms with E-state index in [9.17, 15) is 9.90 Å². The zero-order valence-corrected chi connectivity index (χ0v) is 23.3. The molecule has 6 nitrogen and oxygen atoms in total. The number of nitrogens with zero attached hydrogens (tertiary/aromatic N) is 1. The van der Waals surface area contributed by atoms with E-state index in [0.717, 1.165) is 37.0 Å². The lowest BCUT2D eigenvalue weighted by atomic mass is 9.91. The van der Waals surface area contributed by atoms with E-state index >= 15 is 0 Å². The van der Waals surface area contributed by atoms with E-state index in [-0.39, 0.29) is 18.3 Å². The highest BCUT2D eigenvalue weighted by molar-refractivity contribution is 5.96. The van der Waals surface area contributed by atoms with E-state index in [1.807, 2.05) is 25.2 Å². The van der Waals surface area contributed by atoms with Crippen LogP contribution in [-0.2, 0) is 19.0 Å². The van der Waals surface area contributed by atoms with Gasteiger partial charge in [-0.05, 0) is 57.9 Å². The summed E-state index contributed by atoms with van der Waals surface area (Å²) in [4.78, 5) is 17.3. The van der Waals surface area contributed by atoms with Crippen LogP contribution in [0.5, 0.6) is 0 Å². The van der Waals surface area contributed by atoms with Crippen molar-refractivity contribution in [1.29, 1.82) is 0 Å². The molecule has 2 bridgehead atoms. The Balaban J connectivity index is 1.76. The number of hydrogen-bond acceptors (Lipinski definition) is 6. The third kappa shape index (κ3) is 10.7. The first-order chi connectivity index (χ1) is 18.3. The first-order valence-corrected chi connectivity index (χ1v) is 14.0. The van der Waals surface area contributed by atoms with Crippen molar-refractivity contribution in [3.8, 4) is 0 Å². The largest absolute Gasteiger partial charge is 0.456 e. The quantitative estimate of drug-likeness (QED) is 0.362. The van der Waals surface area contributed by atoms with Gasteiger partial charge in [-0.15, -0.1) is 0 Å². The van der Waals surface area contributed by atoms with Gasteiger partial charge < -0.3 is 19.3 Å². The lowest BCUT2D eigenvalue weighted by Gasteiger charge is -2.28. The van der Waals surface area contributed by atoms with Crippen LogP contribution < -0.4 is 0 Å². The van der Waals surface area contributed by atoms with E-state index in [2.05, 4.69) is 43.6 Å². The van der Waals surface area contributed by atoms with Crippen molar-refractivity contribution in [3.63, 3.8) is 0 Å². The van der Waals surface area contributed by atoms with Gasteiger partial charge in [0.25, 0.3) is 0 Å². The number of aliphatic hydroxyl groups is 1. The van der Waals surface area contributed by atoms with E-state index in [1.165, 1.54) is 11.6 Å². The standard InChI is InChI=1S/C32H45NO5/c1-5-33-26-9-6-13-31(30(34)16-15-28-21-23(2)17-18-36-28)38-32(35)14-8-11-27-10-7-12-29(37-27)22-25(4)19-24(3)20-26/h6-10,14-17,25,27-31,34H,3,5,11-13,18-22H2,1-2,4H3/b9-6+,14-8-,16-15+,33-26+/t25-,27-,28+,29-,30-,31-/m0/s1. The van der Waals surface area contributed by atoms with Crippen molar-refractivity contribution >= 4 is 11.7 Å². The van der Waals surface area contributed by atoms with Crippen LogP contribution in [0.15, 0.2) is 77.4 Å². The van der Waals surface area contributed by atoms with Crippen molar-refractivity contribution in [1.82, 2.24) is 0 Å². The summed E-state index contributed by atoms with van der Waals surface area (Å²) in [5.74, 6) is -0.0277. The topological polar surface area (TPSA) is 77.4 Å². The third-order valence-electron chi connectivity index (χ3n) is 6.95. The molecule has 0 aliphatic carbocycles. The molecule has 3 heterocycles. The lowest BCUT2D eigenvalue weighted by Crippen LogP contribution is -2.30. The van der Waals surface area contributed by atoms with Crippen LogP contribution in [0.25, 0.3) is 0 Å². The number of allylic oxidation sites excluding steroid dienone is 2. The van der Waals surface area contributed by atoms with Gasteiger partial charge in [-0.2, -0.15) is 0 Å². The number of carbonyl (C=O) groups is 1. The average molecular weight is 524 g/mol. The van der Waals surface area contributed by atoms with Crippen LogP contribution in [0.1, 0.15) is 65.7 Å². The molecule has 3 aliphatic rings. The highest BCUT2D eigenvalue weighted by Gasteiger charge is 2.23. The Morgan fingerprint density at radius 2 is 2.00 bits per heavy atom. The van der Waals surface area contributed by atoms with Gasteiger partial charge in [-0.25, -0.2) is 4.79 Å². The summed E-state index contributed by atoms with van der Waals surface area (Å²) in [6, 6.07) is 0. The molecule has 0 saturated heterocycles. The van der Waals surface area contributed by atoms with Crippen LogP contribution in [0.2, 0.25) is 0 Å². The highest BCUT2D eigenvalue weighted by Crippen LogP contribution is 2.25. The van der Waals surface area contributed by atoms with Gasteiger partial charge in [-0.3, -0.25) is 4.99 Å². The second kappa shape index (κ2) is 15.8. The lowest BCUT2D eigenvalue weighted by molar-refractivity contribution is -0.147. The fourth-order valence-electron chi connectivity index (χ4n) is 5.08. The maximum Gasteiger partial charge on any atom is 0.330 e. The number of aliphatic imine (C=N–C) groups is 1. The minimum atomic E-state index is -0.967. The second-order valence-electron chi connectivity index (χ2n) is 10.7. The summed E-state index contributed by atoms with van der Waals surface area (Å²) in [7, 11) is 0. The molecule has 6 heteroatoms. The molecule has 38 heavy (non-hydrogen) atoms. The molecule has 0 amide bonds. The maximum absolute atomic E-state index is 12.7. The molecule has 0 radical (unpaired) electrons. The number of esters is 1. The molecule has 0 aromatic rings. The number of rotatable bonds is 4. The second-order valence-corrected chi connectivity index (χ2v) is 10.7. The summed E-state index contributed by atoms with van der Waals surface area (Å²) < 4.78 is 17.7. The normalized spacial score (nSPS) is 33.7. The molecule has 0 fully saturated rings. The fourth-order valence-corrected chi connectivity index (χ4v) is 5.08. The first kappa shape index (κ1) is 30.0. The van der Waals surface area contributed by atoms with E-state index < -0.39 is 18.2 Å². The molecule has 0 aromatic heterocycles. The predicted molar refractivity (Wildman–Crippen MR) is 153 cm³/mol. The van der Waals surface area contributed by atoms with Crippen LogP contribution in [0, 0.1) is 5.92 Å². The first-order valence-electron chi connectivity index (χ1n) is 14.0. The molecule has 0 spiro atoms. The number of carbonyl (C=O) groups excluding carboxylic acids is 1. The molecular formula is C32H45NO5.